The highest BCUT2D eigenvalue weighted by Crippen LogP contribution is 2.28. The van der Waals surface area contributed by atoms with Gasteiger partial charge >= 0.3 is 0 Å². The number of imidazole rings is 1. The predicted molar refractivity (Wildman–Crippen MR) is 66.9 cm³/mol. The van der Waals surface area contributed by atoms with Gasteiger partial charge in [-0.1, -0.05) is 12.1 Å². The average molecular weight is 296 g/mol. The lowest BCUT2D eigenvalue weighted by Crippen LogP contribution is -2.02. The molecule has 1 heterocycles. The van der Waals surface area contributed by atoms with Crippen LogP contribution in [0.2, 0.25) is 0 Å². The van der Waals surface area contributed by atoms with Crippen LogP contribution in [0.25, 0.3) is 0 Å². The van der Waals surface area contributed by atoms with Crippen LogP contribution in [0, 0.1) is 17.0 Å². The second-order valence-corrected chi connectivity index (χ2v) is 4.40. The van der Waals surface area contributed by atoms with Crippen LogP contribution in [-0.2, 0) is 6.54 Å². The number of nitro benzene ring substituents is 1. The molecule has 0 unspecified atom stereocenters. The highest BCUT2D eigenvalue weighted by molar-refractivity contribution is 9.10. The molecule has 1 aromatic carbocycles. The van der Waals surface area contributed by atoms with Crippen LogP contribution in [0.3, 0.4) is 0 Å². The number of halogens is 1. The maximum Gasteiger partial charge on any atom is 0.283 e. The van der Waals surface area contributed by atoms with Crippen LogP contribution in [-0.4, -0.2) is 14.5 Å². The number of nitrogens with zero attached hydrogens (tertiary/aromatic N) is 3. The van der Waals surface area contributed by atoms with E-state index in [9.17, 15) is 10.1 Å². The molecule has 2 rings (SSSR count). The lowest BCUT2D eigenvalue weighted by atomic mass is 10.2. The van der Waals surface area contributed by atoms with E-state index in [-0.39, 0.29) is 5.69 Å². The molecule has 0 aliphatic heterocycles. The fourth-order valence-electron chi connectivity index (χ4n) is 1.58. The van der Waals surface area contributed by atoms with Gasteiger partial charge < -0.3 is 4.57 Å². The third kappa shape index (κ3) is 2.36. The summed E-state index contributed by atoms with van der Waals surface area (Å²) in [6.07, 6.45) is 3.56. The molecule has 88 valence electrons. The molecule has 1 aromatic heterocycles. The minimum atomic E-state index is -0.394. The summed E-state index contributed by atoms with van der Waals surface area (Å²) in [6.45, 7) is 2.46. The molecule has 0 bridgehead atoms. The number of hydrogen-bond donors (Lipinski definition) is 0. The normalized spacial score (nSPS) is 10.5. The smallest absolute Gasteiger partial charge is 0.283 e. The summed E-state index contributed by atoms with van der Waals surface area (Å²) in [7, 11) is 0. The van der Waals surface area contributed by atoms with Gasteiger partial charge in [-0.05, 0) is 28.4 Å². The Morgan fingerprint density at radius 2 is 2.29 bits per heavy atom. The molecule has 6 heteroatoms. The lowest BCUT2D eigenvalue weighted by molar-refractivity contribution is -0.385. The number of aromatic nitrogens is 2. The molecule has 0 fully saturated rings. The molecule has 0 amide bonds. The van der Waals surface area contributed by atoms with Crippen molar-refractivity contribution in [3.05, 3.63) is 56.6 Å². The summed E-state index contributed by atoms with van der Waals surface area (Å²) in [5, 5.41) is 10.8. The van der Waals surface area contributed by atoms with E-state index < -0.39 is 4.92 Å². The first-order valence-corrected chi connectivity index (χ1v) is 5.78. The third-order valence-corrected chi connectivity index (χ3v) is 3.43. The largest absolute Gasteiger partial charge is 0.331 e. The van der Waals surface area contributed by atoms with Gasteiger partial charge in [-0.2, -0.15) is 0 Å². The summed E-state index contributed by atoms with van der Waals surface area (Å²) in [5.41, 5.74) is 0.945. The van der Waals surface area contributed by atoms with E-state index in [2.05, 4.69) is 20.9 Å². The highest BCUT2D eigenvalue weighted by Gasteiger charge is 2.15. The van der Waals surface area contributed by atoms with E-state index in [1.54, 1.807) is 12.3 Å². The number of hydrogen-bond acceptors (Lipinski definition) is 3. The predicted octanol–water partition coefficient (Wildman–Crippen LogP) is 2.91. The number of aryl methyl sites for hydroxylation is 1. The van der Waals surface area contributed by atoms with Gasteiger partial charge in [0.05, 0.1) is 11.5 Å². The zero-order chi connectivity index (χ0) is 12.4. The van der Waals surface area contributed by atoms with E-state index in [4.69, 9.17) is 0 Å². The van der Waals surface area contributed by atoms with Gasteiger partial charge in [0.1, 0.15) is 10.3 Å². The van der Waals surface area contributed by atoms with Crippen LogP contribution in [0.1, 0.15) is 11.4 Å². The second-order valence-electron chi connectivity index (χ2n) is 3.61. The molecular weight excluding hydrogens is 286 g/mol. The Morgan fingerprint density at radius 1 is 1.53 bits per heavy atom. The molecule has 0 radical (unpaired) electrons. The van der Waals surface area contributed by atoms with Crippen molar-refractivity contribution >= 4 is 21.6 Å². The van der Waals surface area contributed by atoms with Gasteiger partial charge in [0.25, 0.3) is 5.69 Å². The molecule has 0 aliphatic rings. The van der Waals surface area contributed by atoms with Crippen molar-refractivity contribution in [3.8, 4) is 0 Å². The minimum Gasteiger partial charge on any atom is -0.331 e. The fraction of sp³-hybridized carbons (Fsp3) is 0.182. The topological polar surface area (TPSA) is 61.0 Å². The molecule has 0 spiro atoms. The first-order chi connectivity index (χ1) is 8.09. The monoisotopic (exact) mass is 295 g/mol. The molecule has 5 nitrogen and oxygen atoms in total. The summed E-state index contributed by atoms with van der Waals surface area (Å²) in [6, 6.07) is 5.02. The molecule has 2 aromatic rings. The van der Waals surface area contributed by atoms with E-state index >= 15 is 0 Å². The van der Waals surface area contributed by atoms with Crippen LogP contribution < -0.4 is 0 Å². The summed E-state index contributed by atoms with van der Waals surface area (Å²) in [4.78, 5) is 14.5. The number of nitro groups is 1. The lowest BCUT2D eigenvalue weighted by Gasteiger charge is -2.07. The van der Waals surface area contributed by atoms with Crippen molar-refractivity contribution < 1.29 is 4.92 Å². The fourth-order valence-corrected chi connectivity index (χ4v) is 2.12. The van der Waals surface area contributed by atoms with Crippen molar-refractivity contribution in [1.82, 2.24) is 9.55 Å². The zero-order valence-corrected chi connectivity index (χ0v) is 10.7. The van der Waals surface area contributed by atoms with Gasteiger partial charge in [-0.25, -0.2) is 4.98 Å². The molecule has 0 saturated heterocycles. The van der Waals surface area contributed by atoms with E-state index in [0.717, 1.165) is 11.4 Å². The van der Waals surface area contributed by atoms with Gasteiger partial charge in [-0.15, -0.1) is 0 Å². The maximum atomic E-state index is 10.8. The van der Waals surface area contributed by atoms with Crippen LogP contribution in [0.4, 0.5) is 5.69 Å². The van der Waals surface area contributed by atoms with Crippen molar-refractivity contribution in [1.29, 1.82) is 0 Å². The number of rotatable bonds is 3. The Labute approximate surface area is 106 Å². The van der Waals surface area contributed by atoms with E-state index in [0.29, 0.717) is 11.0 Å². The summed E-state index contributed by atoms with van der Waals surface area (Å²) < 4.78 is 2.46. The second kappa shape index (κ2) is 4.67. The molecule has 0 aliphatic carbocycles. The number of benzene rings is 1. The molecular formula is C11H10BrN3O2. The summed E-state index contributed by atoms with van der Waals surface area (Å²) in [5.74, 6) is 0.878. The van der Waals surface area contributed by atoms with Crippen molar-refractivity contribution in [2.24, 2.45) is 0 Å². The summed E-state index contributed by atoms with van der Waals surface area (Å²) >= 11 is 3.28. The highest BCUT2D eigenvalue weighted by atomic mass is 79.9. The standard InChI is InChI=1S/C11H10BrN3O2/c1-8-13-5-6-14(8)7-9-3-2-4-10(11(9)12)15(16)17/h2-6H,7H2,1H3. The maximum absolute atomic E-state index is 10.8. The molecule has 0 N–H and O–H groups in total. The van der Waals surface area contributed by atoms with Crippen LogP contribution >= 0.6 is 15.9 Å². The third-order valence-electron chi connectivity index (χ3n) is 2.52. The van der Waals surface area contributed by atoms with Crippen molar-refractivity contribution in [2.75, 3.05) is 0 Å². The Bertz CT molecular complexity index is 566. The Balaban J connectivity index is 2.37. The molecule has 17 heavy (non-hydrogen) atoms. The first kappa shape index (κ1) is 11.8. The SMILES string of the molecule is Cc1nccn1Cc1cccc([N+](=O)[O-])c1Br. The first-order valence-electron chi connectivity index (χ1n) is 4.99. The quantitative estimate of drug-likeness (QED) is 0.646. The Morgan fingerprint density at radius 3 is 2.88 bits per heavy atom. The molecule has 0 saturated carbocycles. The van der Waals surface area contributed by atoms with Crippen molar-refractivity contribution in [3.63, 3.8) is 0 Å². The van der Waals surface area contributed by atoms with Gasteiger partial charge in [-0.3, -0.25) is 10.1 Å². The molecule has 0 atom stereocenters. The minimum absolute atomic E-state index is 0.0836. The van der Waals surface area contributed by atoms with E-state index in [1.807, 2.05) is 23.8 Å². The van der Waals surface area contributed by atoms with Crippen LogP contribution in [0.5, 0.6) is 0 Å². The Hall–Kier alpha value is -1.69. The zero-order valence-electron chi connectivity index (χ0n) is 9.13. The Kier molecular flexibility index (Phi) is 3.23. The van der Waals surface area contributed by atoms with Gasteiger partial charge in [0, 0.05) is 18.5 Å². The van der Waals surface area contributed by atoms with E-state index in [1.165, 1.54) is 6.07 Å². The van der Waals surface area contributed by atoms with Gasteiger partial charge in [0.15, 0.2) is 0 Å². The van der Waals surface area contributed by atoms with Gasteiger partial charge in [0.2, 0.25) is 0 Å². The van der Waals surface area contributed by atoms with Crippen LogP contribution in [0.15, 0.2) is 35.1 Å². The van der Waals surface area contributed by atoms with Crippen molar-refractivity contribution in [2.45, 2.75) is 13.5 Å². The average Bonchev–Trinajstić information content (AvgIpc) is 2.67.